The van der Waals surface area contributed by atoms with Crippen molar-refractivity contribution in [2.75, 3.05) is 0 Å². The Labute approximate surface area is 132 Å². The molecule has 0 radical (unpaired) electrons. The van der Waals surface area contributed by atoms with Gasteiger partial charge in [-0.3, -0.25) is 4.79 Å². The lowest BCUT2D eigenvalue weighted by Gasteiger charge is -2.57. The Morgan fingerprint density at radius 1 is 1.14 bits per heavy atom. The lowest BCUT2D eigenvalue weighted by atomic mass is 9.47. The second-order valence-corrected chi connectivity index (χ2v) is 8.04. The average Bonchev–Trinajstić information content (AvgIpc) is 2.45. The van der Waals surface area contributed by atoms with Crippen LogP contribution < -0.4 is 0 Å². The maximum absolute atomic E-state index is 11.6. The van der Waals surface area contributed by atoms with Crippen LogP contribution in [0, 0.1) is 17.8 Å². The molecule has 0 saturated heterocycles. The maximum Gasteiger partial charge on any atom is 0.252 e. The smallest absolute Gasteiger partial charge is 0.252 e. The van der Waals surface area contributed by atoms with Crippen molar-refractivity contribution in [3.05, 3.63) is 34.9 Å². The van der Waals surface area contributed by atoms with Crippen LogP contribution >= 0.6 is 11.6 Å². The summed E-state index contributed by atoms with van der Waals surface area (Å²) in [5.74, 6) is 2.78. The molecule has 0 heterocycles. The van der Waals surface area contributed by atoms with Crippen LogP contribution in [0.4, 0.5) is 0 Å². The van der Waals surface area contributed by atoms with Crippen LogP contribution in [0.1, 0.15) is 66.9 Å². The van der Waals surface area contributed by atoms with Crippen molar-refractivity contribution in [1.82, 2.24) is 0 Å². The van der Waals surface area contributed by atoms with E-state index in [1.54, 1.807) is 0 Å². The summed E-state index contributed by atoms with van der Waals surface area (Å²) in [4.78, 5) is 11.6. The van der Waals surface area contributed by atoms with E-state index in [4.69, 9.17) is 11.6 Å². The van der Waals surface area contributed by atoms with E-state index >= 15 is 0 Å². The number of benzene rings is 1. The van der Waals surface area contributed by atoms with Gasteiger partial charge in [-0.05, 0) is 103 Å². The van der Waals surface area contributed by atoms with Gasteiger partial charge in [-0.1, -0.05) is 13.0 Å². The normalized spacial score (nSPS) is 37.0. The first-order valence-corrected chi connectivity index (χ1v) is 8.80. The molecule has 1 nitrogen and oxygen atoms in total. The van der Waals surface area contributed by atoms with Crippen LogP contribution in [-0.4, -0.2) is 5.24 Å². The molecule has 1 aromatic carbocycles. The summed E-state index contributed by atoms with van der Waals surface area (Å²) < 4.78 is 0. The van der Waals surface area contributed by atoms with Crippen LogP contribution in [0.15, 0.2) is 18.2 Å². The Kier molecular flexibility index (Phi) is 3.19. The summed E-state index contributed by atoms with van der Waals surface area (Å²) >= 11 is 5.74. The SMILES string of the molecule is CCc1ccc(C(=O)Cl)cc1C12CC3CC(CC(C3)C1)C2. The van der Waals surface area contributed by atoms with Crippen molar-refractivity contribution in [3.63, 3.8) is 0 Å². The zero-order valence-electron chi connectivity index (χ0n) is 12.7. The molecule has 5 rings (SSSR count). The Morgan fingerprint density at radius 2 is 1.71 bits per heavy atom. The number of rotatable bonds is 3. The molecule has 4 aliphatic rings. The Hall–Kier alpha value is -0.820. The molecule has 112 valence electrons. The van der Waals surface area contributed by atoms with Gasteiger partial charge in [0.1, 0.15) is 0 Å². The summed E-state index contributed by atoms with van der Waals surface area (Å²) in [6.45, 7) is 2.22. The number of carbonyl (C=O) groups is 1. The molecular formula is C19H23ClO. The van der Waals surface area contributed by atoms with Gasteiger partial charge in [0, 0.05) is 5.56 Å². The van der Waals surface area contributed by atoms with Crippen molar-refractivity contribution < 1.29 is 4.79 Å². The van der Waals surface area contributed by atoms with Crippen LogP contribution in [0.2, 0.25) is 0 Å². The van der Waals surface area contributed by atoms with Gasteiger partial charge in [0.15, 0.2) is 0 Å². The highest BCUT2D eigenvalue weighted by Crippen LogP contribution is 2.61. The minimum atomic E-state index is -0.316. The molecule has 0 amide bonds. The topological polar surface area (TPSA) is 17.1 Å². The summed E-state index contributed by atoms with van der Waals surface area (Å²) in [6, 6.07) is 6.17. The van der Waals surface area contributed by atoms with Crippen LogP contribution in [0.3, 0.4) is 0 Å². The third-order valence-electron chi connectivity index (χ3n) is 6.33. The summed E-state index contributed by atoms with van der Waals surface area (Å²) in [5, 5.41) is -0.316. The molecule has 1 aromatic rings. The van der Waals surface area contributed by atoms with Gasteiger partial charge >= 0.3 is 0 Å². The monoisotopic (exact) mass is 302 g/mol. The van der Waals surface area contributed by atoms with Crippen molar-refractivity contribution in [1.29, 1.82) is 0 Å². The van der Waals surface area contributed by atoms with E-state index in [0.717, 1.165) is 24.2 Å². The summed E-state index contributed by atoms with van der Waals surface area (Å²) in [6.07, 6.45) is 9.43. The number of aryl methyl sites for hydroxylation is 1. The van der Waals surface area contributed by atoms with Crippen molar-refractivity contribution >= 4 is 16.8 Å². The van der Waals surface area contributed by atoms with Gasteiger partial charge in [0.05, 0.1) is 0 Å². The van der Waals surface area contributed by atoms with Gasteiger partial charge < -0.3 is 0 Å². The number of halogens is 1. The Morgan fingerprint density at radius 3 is 2.19 bits per heavy atom. The van der Waals surface area contributed by atoms with E-state index in [2.05, 4.69) is 19.1 Å². The second kappa shape index (κ2) is 4.84. The van der Waals surface area contributed by atoms with E-state index < -0.39 is 0 Å². The van der Waals surface area contributed by atoms with Crippen molar-refractivity contribution in [3.8, 4) is 0 Å². The highest BCUT2D eigenvalue weighted by Gasteiger charge is 2.52. The molecule has 0 aromatic heterocycles. The van der Waals surface area contributed by atoms with Crippen LogP contribution in [-0.2, 0) is 11.8 Å². The fourth-order valence-corrected chi connectivity index (χ4v) is 6.06. The van der Waals surface area contributed by atoms with E-state index in [-0.39, 0.29) is 5.24 Å². The predicted octanol–water partition coefficient (Wildman–Crippen LogP) is 5.10. The van der Waals surface area contributed by atoms with Gasteiger partial charge in [-0.15, -0.1) is 0 Å². The maximum atomic E-state index is 11.6. The Balaban J connectivity index is 1.81. The van der Waals surface area contributed by atoms with E-state index in [9.17, 15) is 4.79 Å². The third kappa shape index (κ3) is 2.16. The molecule has 0 atom stereocenters. The largest absolute Gasteiger partial charge is 0.276 e. The Bertz CT molecular complexity index is 554. The molecular weight excluding hydrogens is 280 g/mol. The zero-order valence-corrected chi connectivity index (χ0v) is 13.5. The van der Waals surface area contributed by atoms with Crippen molar-refractivity contribution in [2.45, 2.75) is 57.3 Å². The van der Waals surface area contributed by atoms with E-state index in [0.29, 0.717) is 11.0 Å². The highest BCUT2D eigenvalue weighted by atomic mass is 35.5. The number of carbonyl (C=O) groups excluding carboxylic acids is 1. The molecule has 2 heteroatoms. The predicted molar refractivity (Wildman–Crippen MR) is 85.9 cm³/mol. The molecule has 4 fully saturated rings. The highest BCUT2D eigenvalue weighted by molar-refractivity contribution is 6.67. The number of hydrogen-bond donors (Lipinski definition) is 0. The van der Waals surface area contributed by atoms with Gasteiger partial charge in [-0.2, -0.15) is 0 Å². The molecule has 0 N–H and O–H groups in total. The minimum absolute atomic E-state index is 0.316. The zero-order chi connectivity index (χ0) is 14.6. The molecule has 4 saturated carbocycles. The van der Waals surface area contributed by atoms with Crippen LogP contribution in [0.5, 0.6) is 0 Å². The number of hydrogen-bond acceptors (Lipinski definition) is 1. The first-order valence-electron chi connectivity index (χ1n) is 8.43. The molecule has 4 aliphatic carbocycles. The fraction of sp³-hybridized carbons (Fsp3) is 0.632. The second-order valence-electron chi connectivity index (χ2n) is 7.70. The first kappa shape index (κ1) is 13.8. The van der Waals surface area contributed by atoms with E-state index in [1.807, 2.05) is 6.07 Å². The quantitative estimate of drug-likeness (QED) is 0.710. The molecule has 0 unspecified atom stereocenters. The summed E-state index contributed by atoms with van der Waals surface area (Å²) in [7, 11) is 0. The van der Waals surface area contributed by atoms with E-state index in [1.165, 1.54) is 49.7 Å². The first-order chi connectivity index (χ1) is 10.1. The van der Waals surface area contributed by atoms with Gasteiger partial charge in [0.25, 0.3) is 5.24 Å². The molecule has 0 spiro atoms. The van der Waals surface area contributed by atoms with Crippen LogP contribution in [0.25, 0.3) is 0 Å². The van der Waals surface area contributed by atoms with Crippen molar-refractivity contribution in [2.24, 2.45) is 17.8 Å². The van der Waals surface area contributed by atoms with Gasteiger partial charge in [-0.25, -0.2) is 0 Å². The minimum Gasteiger partial charge on any atom is -0.276 e. The standard InChI is InChI=1S/C19H23ClO/c1-2-15-3-4-16(18(20)21)8-17(15)19-9-12-5-13(10-19)7-14(6-12)11-19/h3-4,8,12-14H,2,5-7,9-11H2,1H3. The molecule has 21 heavy (non-hydrogen) atoms. The average molecular weight is 303 g/mol. The summed E-state index contributed by atoms with van der Waals surface area (Å²) in [5.41, 5.74) is 3.91. The lowest BCUT2D eigenvalue weighted by Crippen LogP contribution is -2.49. The lowest BCUT2D eigenvalue weighted by molar-refractivity contribution is -0.00557. The van der Waals surface area contributed by atoms with Gasteiger partial charge in [0.2, 0.25) is 0 Å². The molecule has 0 aliphatic heterocycles. The fourth-order valence-electron chi connectivity index (χ4n) is 5.94. The third-order valence-corrected chi connectivity index (χ3v) is 6.55. The molecule has 4 bridgehead atoms.